The van der Waals surface area contributed by atoms with Crippen LogP contribution in [0.5, 0.6) is 17.2 Å². The summed E-state index contributed by atoms with van der Waals surface area (Å²) in [6.45, 7) is 5.06. The van der Waals surface area contributed by atoms with Gasteiger partial charge in [0.15, 0.2) is 11.5 Å². The molecule has 2 aromatic rings. The second-order valence-electron chi connectivity index (χ2n) is 7.81. The molecule has 0 radical (unpaired) electrons. The molecule has 32 heavy (non-hydrogen) atoms. The summed E-state index contributed by atoms with van der Waals surface area (Å²) < 4.78 is 43.5. The molecule has 0 unspecified atom stereocenters. The van der Waals surface area contributed by atoms with E-state index in [-0.39, 0.29) is 17.6 Å². The maximum absolute atomic E-state index is 12.8. The molecule has 172 valence electrons. The van der Waals surface area contributed by atoms with Gasteiger partial charge in [0, 0.05) is 32.7 Å². The highest BCUT2D eigenvalue weighted by molar-refractivity contribution is 7.89. The normalized spacial score (nSPS) is 17.2. The lowest BCUT2D eigenvalue weighted by atomic mass is 10.1. The number of fused-ring (bicyclic) bond motifs is 1. The number of hydrogen-bond donors (Lipinski definition) is 1. The van der Waals surface area contributed by atoms with Gasteiger partial charge in [0.2, 0.25) is 22.7 Å². The molecular weight excluding hydrogens is 434 g/mol. The van der Waals surface area contributed by atoms with E-state index in [0.29, 0.717) is 31.9 Å². The molecule has 4 rings (SSSR count). The van der Waals surface area contributed by atoms with Gasteiger partial charge in [-0.15, -0.1) is 0 Å². The summed E-state index contributed by atoms with van der Waals surface area (Å²) in [5.74, 6) is 1.85. The molecule has 2 aliphatic rings. The zero-order valence-electron chi connectivity index (χ0n) is 18.1. The summed E-state index contributed by atoms with van der Waals surface area (Å²) in [7, 11) is -2.30. The number of nitrogens with zero attached hydrogens (tertiary/aromatic N) is 2. The molecule has 2 heterocycles. The third-order valence-corrected chi connectivity index (χ3v) is 7.16. The van der Waals surface area contributed by atoms with Gasteiger partial charge in [-0.1, -0.05) is 6.07 Å². The molecule has 0 saturated carbocycles. The maximum atomic E-state index is 12.8. The predicted octanol–water partition coefficient (Wildman–Crippen LogP) is 1.44. The van der Waals surface area contributed by atoms with Crippen molar-refractivity contribution in [1.82, 2.24) is 14.5 Å². The van der Waals surface area contributed by atoms with E-state index in [4.69, 9.17) is 14.2 Å². The standard InChI is InChI=1S/C22H27N3O6S/c1-16(23-32(27,28)19-6-4-18(29-2)5-7-19)22(26)25-11-9-24(10-12-25)14-17-3-8-20-21(13-17)31-15-30-20/h3-8,13,16,23H,9-12,14-15H2,1-2H3/t16-/m1/s1. The molecule has 0 bridgehead atoms. The topological polar surface area (TPSA) is 97.4 Å². The van der Waals surface area contributed by atoms with E-state index in [0.717, 1.165) is 23.6 Å². The first-order valence-electron chi connectivity index (χ1n) is 10.4. The maximum Gasteiger partial charge on any atom is 0.241 e. The molecule has 10 heteroatoms. The van der Waals surface area contributed by atoms with Gasteiger partial charge in [-0.2, -0.15) is 4.72 Å². The minimum absolute atomic E-state index is 0.0893. The predicted molar refractivity (Wildman–Crippen MR) is 117 cm³/mol. The fraction of sp³-hybridized carbons (Fsp3) is 0.409. The van der Waals surface area contributed by atoms with Crippen molar-refractivity contribution in [3.05, 3.63) is 48.0 Å². The molecule has 0 aromatic heterocycles. The van der Waals surface area contributed by atoms with Gasteiger partial charge in [0.25, 0.3) is 0 Å². The Morgan fingerprint density at radius 1 is 1.06 bits per heavy atom. The van der Waals surface area contributed by atoms with Gasteiger partial charge in [0.05, 0.1) is 18.0 Å². The van der Waals surface area contributed by atoms with Crippen LogP contribution in [0.4, 0.5) is 0 Å². The number of sulfonamides is 1. The van der Waals surface area contributed by atoms with Crippen molar-refractivity contribution in [1.29, 1.82) is 0 Å². The highest BCUT2D eigenvalue weighted by Gasteiger charge is 2.28. The second kappa shape index (κ2) is 9.35. The van der Waals surface area contributed by atoms with Crippen molar-refractivity contribution < 1.29 is 27.4 Å². The number of hydrogen-bond acceptors (Lipinski definition) is 7. The summed E-state index contributed by atoms with van der Waals surface area (Å²) in [6, 6.07) is 11.1. The largest absolute Gasteiger partial charge is 0.497 e. The Labute approximate surface area is 187 Å². The fourth-order valence-electron chi connectivity index (χ4n) is 3.80. The number of methoxy groups -OCH3 is 1. The Bertz CT molecular complexity index is 1070. The van der Waals surface area contributed by atoms with E-state index in [1.165, 1.54) is 19.2 Å². The van der Waals surface area contributed by atoms with Crippen LogP contribution in [0.2, 0.25) is 0 Å². The van der Waals surface area contributed by atoms with Crippen molar-refractivity contribution in [2.24, 2.45) is 0 Å². The Morgan fingerprint density at radius 2 is 1.75 bits per heavy atom. The molecule has 1 amide bonds. The fourth-order valence-corrected chi connectivity index (χ4v) is 5.00. The number of rotatable bonds is 7. The van der Waals surface area contributed by atoms with Gasteiger partial charge in [0.1, 0.15) is 5.75 Å². The lowest BCUT2D eigenvalue weighted by molar-refractivity contribution is -0.134. The van der Waals surface area contributed by atoms with Crippen molar-refractivity contribution in [3.8, 4) is 17.2 Å². The van der Waals surface area contributed by atoms with Crippen LogP contribution in [0.3, 0.4) is 0 Å². The molecule has 0 aliphatic carbocycles. The van der Waals surface area contributed by atoms with Crippen LogP contribution in [0.15, 0.2) is 47.4 Å². The quantitative estimate of drug-likeness (QED) is 0.666. The van der Waals surface area contributed by atoms with Crippen LogP contribution in [0.25, 0.3) is 0 Å². The minimum Gasteiger partial charge on any atom is -0.497 e. The zero-order valence-corrected chi connectivity index (χ0v) is 18.9. The van der Waals surface area contributed by atoms with E-state index in [1.54, 1.807) is 24.0 Å². The first kappa shape index (κ1) is 22.4. The highest BCUT2D eigenvalue weighted by Crippen LogP contribution is 2.32. The third-order valence-electron chi connectivity index (χ3n) is 5.60. The molecule has 1 atom stereocenters. The molecule has 1 N–H and O–H groups in total. The molecular formula is C22H27N3O6S. The summed E-state index contributed by atoms with van der Waals surface area (Å²) >= 11 is 0. The summed E-state index contributed by atoms with van der Waals surface area (Å²) in [4.78, 5) is 16.9. The van der Waals surface area contributed by atoms with E-state index in [2.05, 4.69) is 9.62 Å². The van der Waals surface area contributed by atoms with Crippen LogP contribution in [-0.2, 0) is 21.4 Å². The molecule has 2 aromatic carbocycles. The average Bonchev–Trinajstić information content (AvgIpc) is 3.27. The molecule has 1 fully saturated rings. The van der Waals surface area contributed by atoms with Gasteiger partial charge in [-0.25, -0.2) is 8.42 Å². The zero-order chi connectivity index (χ0) is 22.7. The van der Waals surface area contributed by atoms with Crippen LogP contribution in [-0.4, -0.2) is 70.2 Å². The lowest BCUT2D eigenvalue weighted by Gasteiger charge is -2.36. The smallest absolute Gasteiger partial charge is 0.241 e. The number of carbonyl (C=O) groups is 1. The Morgan fingerprint density at radius 3 is 2.44 bits per heavy atom. The minimum atomic E-state index is -3.81. The Hall–Kier alpha value is -2.82. The molecule has 9 nitrogen and oxygen atoms in total. The summed E-state index contributed by atoms with van der Waals surface area (Å²) in [5, 5.41) is 0. The number of piperazine rings is 1. The van der Waals surface area contributed by atoms with Gasteiger partial charge in [-0.3, -0.25) is 9.69 Å². The van der Waals surface area contributed by atoms with Crippen molar-refractivity contribution in [2.45, 2.75) is 24.4 Å². The number of nitrogens with one attached hydrogen (secondary N) is 1. The van der Waals surface area contributed by atoms with E-state index in [1.807, 2.05) is 18.2 Å². The number of benzene rings is 2. The van der Waals surface area contributed by atoms with Crippen molar-refractivity contribution in [3.63, 3.8) is 0 Å². The van der Waals surface area contributed by atoms with Crippen molar-refractivity contribution in [2.75, 3.05) is 40.1 Å². The monoisotopic (exact) mass is 461 g/mol. The van der Waals surface area contributed by atoms with Crippen molar-refractivity contribution >= 4 is 15.9 Å². The first-order chi connectivity index (χ1) is 15.4. The van der Waals surface area contributed by atoms with E-state index >= 15 is 0 Å². The number of amides is 1. The lowest BCUT2D eigenvalue weighted by Crippen LogP contribution is -2.53. The van der Waals surface area contributed by atoms with Gasteiger partial charge < -0.3 is 19.1 Å². The van der Waals surface area contributed by atoms with Crippen LogP contribution in [0.1, 0.15) is 12.5 Å². The first-order valence-corrected chi connectivity index (χ1v) is 11.9. The highest BCUT2D eigenvalue weighted by atomic mass is 32.2. The van der Waals surface area contributed by atoms with Gasteiger partial charge >= 0.3 is 0 Å². The number of carbonyl (C=O) groups excluding carboxylic acids is 1. The molecule has 2 aliphatic heterocycles. The summed E-state index contributed by atoms with van der Waals surface area (Å²) in [5.41, 5.74) is 1.12. The Balaban J connectivity index is 1.29. The average molecular weight is 462 g/mol. The summed E-state index contributed by atoms with van der Waals surface area (Å²) in [6.07, 6.45) is 0. The molecule has 1 saturated heterocycles. The van der Waals surface area contributed by atoms with Crippen LogP contribution >= 0.6 is 0 Å². The van der Waals surface area contributed by atoms with E-state index in [9.17, 15) is 13.2 Å². The van der Waals surface area contributed by atoms with E-state index < -0.39 is 16.1 Å². The van der Waals surface area contributed by atoms with Crippen LogP contribution in [0, 0.1) is 0 Å². The third kappa shape index (κ3) is 4.98. The Kier molecular flexibility index (Phi) is 6.54. The SMILES string of the molecule is COc1ccc(S(=O)(=O)N[C@H](C)C(=O)N2CCN(Cc3ccc4c(c3)OCO4)CC2)cc1. The number of ether oxygens (including phenoxy) is 3. The van der Waals surface area contributed by atoms with Gasteiger partial charge in [-0.05, 0) is 48.9 Å². The second-order valence-corrected chi connectivity index (χ2v) is 9.52. The van der Waals surface area contributed by atoms with Crippen LogP contribution < -0.4 is 18.9 Å². The molecule has 0 spiro atoms.